The summed E-state index contributed by atoms with van der Waals surface area (Å²) in [6.07, 6.45) is 1.19. The van der Waals surface area contributed by atoms with Gasteiger partial charge in [0.1, 0.15) is 11.5 Å². The van der Waals surface area contributed by atoms with E-state index in [4.69, 9.17) is 5.84 Å². The van der Waals surface area contributed by atoms with Crippen molar-refractivity contribution >= 4 is 11.6 Å². The zero-order valence-corrected chi connectivity index (χ0v) is 12.0. The Bertz CT molecular complexity index is 681. The molecule has 0 saturated carbocycles. The Morgan fingerprint density at radius 1 is 1.29 bits per heavy atom. The van der Waals surface area contributed by atoms with Crippen molar-refractivity contribution in [3.63, 3.8) is 0 Å². The second-order valence-corrected chi connectivity index (χ2v) is 4.27. The molecule has 0 radical (unpaired) electrons. The van der Waals surface area contributed by atoms with Crippen LogP contribution in [-0.4, -0.2) is 29.7 Å². The third-order valence-corrected chi connectivity index (χ3v) is 2.90. The summed E-state index contributed by atoms with van der Waals surface area (Å²) in [5.74, 6) is 6.64. The highest BCUT2D eigenvalue weighted by Gasteiger charge is 2.26. The Balaban J connectivity index is 2.74. The number of nitrogen functional groups attached to an aromatic ring is 1. The van der Waals surface area contributed by atoms with E-state index < -0.39 is 4.92 Å². The molecule has 0 amide bonds. The number of rotatable bonds is 5. The van der Waals surface area contributed by atoms with Crippen LogP contribution in [0.15, 0.2) is 0 Å². The average molecular weight is 292 g/mol. The summed E-state index contributed by atoms with van der Waals surface area (Å²) in [4.78, 5) is 23.1. The van der Waals surface area contributed by atoms with E-state index in [1.54, 1.807) is 0 Å². The van der Waals surface area contributed by atoms with Gasteiger partial charge in [-0.15, -0.1) is 5.10 Å². The Morgan fingerprint density at radius 3 is 2.52 bits per heavy atom. The number of nitro groups is 1. The van der Waals surface area contributed by atoms with Crippen LogP contribution in [0.25, 0.3) is 5.82 Å². The number of aromatic nitrogens is 5. The molecule has 2 aromatic rings. The Labute approximate surface area is 120 Å². The molecule has 0 aliphatic rings. The standard InChI is InChI=1S/C11H16N8O2/c1-4-7-14-8(5-2)18(17-7)10-9(19(20)21)6(3)13-11(15-10)16-12/h4-5,12H2,1-3H3,(H,13,15,16). The van der Waals surface area contributed by atoms with Gasteiger partial charge in [0.25, 0.3) is 0 Å². The van der Waals surface area contributed by atoms with Crippen LogP contribution in [0.2, 0.25) is 0 Å². The van der Waals surface area contributed by atoms with Crippen LogP contribution in [0.1, 0.15) is 31.2 Å². The van der Waals surface area contributed by atoms with Gasteiger partial charge in [0.2, 0.25) is 11.8 Å². The number of hydrogen-bond acceptors (Lipinski definition) is 8. The largest absolute Gasteiger partial charge is 0.334 e. The number of hydrogen-bond donors (Lipinski definition) is 2. The van der Waals surface area contributed by atoms with E-state index in [0.717, 1.165) is 0 Å². The molecule has 0 aliphatic carbocycles. The van der Waals surface area contributed by atoms with Crippen molar-refractivity contribution in [2.24, 2.45) is 5.84 Å². The zero-order valence-electron chi connectivity index (χ0n) is 12.0. The molecule has 0 bridgehead atoms. The van der Waals surface area contributed by atoms with Crippen LogP contribution in [-0.2, 0) is 12.8 Å². The summed E-state index contributed by atoms with van der Waals surface area (Å²) >= 11 is 0. The monoisotopic (exact) mass is 292 g/mol. The lowest BCUT2D eigenvalue weighted by Crippen LogP contribution is -2.16. The molecular formula is C11H16N8O2. The van der Waals surface area contributed by atoms with Gasteiger partial charge in [-0.25, -0.2) is 15.8 Å². The summed E-state index contributed by atoms with van der Waals surface area (Å²) in [6.45, 7) is 5.32. The van der Waals surface area contributed by atoms with Crippen molar-refractivity contribution in [2.75, 3.05) is 5.43 Å². The summed E-state index contributed by atoms with van der Waals surface area (Å²) in [5.41, 5.74) is 2.29. The zero-order chi connectivity index (χ0) is 15.6. The third kappa shape index (κ3) is 2.65. The van der Waals surface area contributed by atoms with Gasteiger partial charge in [0.05, 0.1) is 4.92 Å². The third-order valence-electron chi connectivity index (χ3n) is 2.90. The molecule has 2 heterocycles. The average Bonchev–Trinajstić information content (AvgIpc) is 2.89. The summed E-state index contributed by atoms with van der Waals surface area (Å²) in [7, 11) is 0. The topological polar surface area (TPSA) is 138 Å². The predicted octanol–water partition coefficient (Wildman–Crippen LogP) is 0.684. The maximum Gasteiger partial charge on any atom is 0.334 e. The first-order valence-electron chi connectivity index (χ1n) is 6.46. The van der Waals surface area contributed by atoms with Crippen LogP contribution in [0, 0.1) is 17.0 Å². The van der Waals surface area contributed by atoms with Crippen molar-refractivity contribution in [3.8, 4) is 5.82 Å². The van der Waals surface area contributed by atoms with Gasteiger partial charge in [0, 0.05) is 12.8 Å². The summed E-state index contributed by atoms with van der Waals surface area (Å²) in [6, 6.07) is 0. The van der Waals surface area contributed by atoms with E-state index in [1.165, 1.54) is 11.6 Å². The lowest BCUT2D eigenvalue weighted by atomic mass is 10.3. The van der Waals surface area contributed by atoms with Crippen LogP contribution in [0.4, 0.5) is 11.6 Å². The molecule has 0 aromatic carbocycles. The van der Waals surface area contributed by atoms with Gasteiger partial charge < -0.3 is 0 Å². The van der Waals surface area contributed by atoms with Gasteiger partial charge >= 0.3 is 5.69 Å². The lowest BCUT2D eigenvalue weighted by Gasteiger charge is -2.08. The quantitative estimate of drug-likeness (QED) is 0.466. The predicted molar refractivity (Wildman–Crippen MR) is 74.9 cm³/mol. The van der Waals surface area contributed by atoms with E-state index in [2.05, 4.69) is 25.5 Å². The molecule has 112 valence electrons. The minimum absolute atomic E-state index is 0.0597. The summed E-state index contributed by atoms with van der Waals surface area (Å²) in [5, 5.41) is 15.6. The molecular weight excluding hydrogens is 276 g/mol. The molecule has 21 heavy (non-hydrogen) atoms. The molecule has 2 rings (SSSR count). The van der Waals surface area contributed by atoms with Gasteiger partial charge in [-0.3, -0.25) is 15.5 Å². The minimum atomic E-state index is -0.530. The number of hydrazine groups is 1. The van der Waals surface area contributed by atoms with Gasteiger partial charge in [-0.1, -0.05) is 13.8 Å². The number of aryl methyl sites for hydroxylation is 3. The first kappa shape index (κ1) is 14.8. The molecule has 0 atom stereocenters. The number of anilines is 1. The normalized spacial score (nSPS) is 10.7. The molecule has 10 nitrogen and oxygen atoms in total. The first-order valence-corrected chi connectivity index (χ1v) is 6.46. The van der Waals surface area contributed by atoms with Crippen molar-refractivity contribution in [2.45, 2.75) is 33.6 Å². The highest BCUT2D eigenvalue weighted by molar-refractivity contribution is 5.53. The van der Waals surface area contributed by atoms with Crippen molar-refractivity contribution < 1.29 is 4.92 Å². The Hall–Kier alpha value is -2.62. The maximum absolute atomic E-state index is 11.3. The molecule has 10 heteroatoms. The Morgan fingerprint density at radius 2 is 2.00 bits per heavy atom. The van der Waals surface area contributed by atoms with E-state index in [-0.39, 0.29) is 23.1 Å². The number of nitrogens with zero attached hydrogens (tertiary/aromatic N) is 6. The van der Waals surface area contributed by atoms with Crippen molar-refractivity contribution in [1.29, 1.82) is 0 Å². The fraction of sp³-hybridized carbons (Fsp3) is 0.455. The fourth-order valence-corrected chi connectivity index (χ4v) is 1.92. The van der Waals surface area contributed by atoms with Crippen LogP contribution < -0.4 is 11.3 Å². The molecule has 2 aromatic heterocycles. The van der Waals surface area contributed by atoms with E-state index >= 15 is 0 Å². The fourth-order valence-electron chi connectivity index (χ4n) is 1.92. The van der Waals surface area contributed by atoms with Crippen LogP contribution in [0.5, 0.6) is 0 Å². The molecule has 0 saturated heterocycles. The summed E-state index contributed by atoms with van der Waals surface area (Å²) < 4.78 is 1.38. The van der Waals surface area contributed by atoms with Crippen LogP contribution >= 0.6 is 0 Å². The lowest BCUT2D eigenvalue weighted by molar-refractivity contribution is -0.385. The molecule has 0 aliphatic heterocycles. The SMILES string of the molecule is CCc1nc(CC)n(-c2nc(NN)nc(C)c2[N+](=O)[O-])n1. The number of nitrogens with two attached hydrogens (primary N) is 1. The highest BCUT2D eigenvalue weighted by Crippen LogP contribution is 2.25. The smallest absolute Gasteiger partial charge is 0.292 e. The second kappa shape index (κ2) is 5.79. The van der Waals surface area contributed by atoms with Gasteiger partial charge in [-0.05, 0) is 6.92 Å². The van der Waals surface area contributed by atoms with E-state index in [9.17, 15) is 10.1 Å². The highest BCUT2D eigenvalue weighted by atomic mass is 16.6. The molecule has 0 unspecified atom stereocenters. The molecule has 3 N–H and O–H groups in total. The molecule has 0 spiro atoms. The Kier molecular flexibility index (Phi) is 4.08. The van der Waals surface area contributed by atoms with Crippen molar-refractivity contribution in [3.05, 3.63) is 27.5 Å². The van der Waals surface area contributed by atoms with E-state index in [0.29, 0.717) is 24.5 Å². The minimum Gasteiger partial charge on any atom is -0.292 e. The second-order valence-electron chi connectivity index (χ2n) is 4.27. The van der Waals surface area contributed by atoms with Gasteiger partial charge in [-0.2, -0.15) is 9.67 Å². The van der Waals surface area contributed by atoms with E-state index in [1.807, 2.05) is 13.8 Å². The molecule has 0 fully saturated rings. The van der Waals surface area contributed by atoms with Crippen molar-refractivity contribution in [1.82, 2.24) is 24.7 Å². The maximum atomic E-state index is 11.3. The van der Waals surface area contributed by atoms with Crippen LogP contribution in [0.3, 0.4) is 0 Å². The number of nitrogens with one attached hydrogen (secondary N) is 1. The van der Waals surface area contributed by atoms with Gasteiger partial charge in [0.15, 0.2) is 5.82 Å². The first-order chi connectivity index (χ1) is 10.0.